The number of halogens is 5. The molecule has 2 aromatic carbocycles. The van der Waals surface area contributed by atoms with Crippen LogP contribution in [0, 0.1) is 11.7 Å². The molecular weight excluding hydrogens is 604 g/mol. The number of piperazine rings is 1. The normalized spacial score (nSPS) is 17.9. The van der Waals surface area contributed by atoms with Gasteiger partial charge in [0.25, 0.3) is 5.91 Å². The molecule has 0 radical (unpaired) electrons. The van der Waals surface area contributed by atoms with Crippen molar-refractivity contribution < 1.29 is 27.2 Å². The van der Waals surface area contributed by atoms with Gasteiger partial charge in [-0.05, 0) is 48.9 Å². The number of rotatable bonds is 9. The Labute approximate surface area is 247 Å². The van der Waals surface area contributed by atoms with Crippen LogP contribution in [0.2, 0.25) is 0 Å². The molecule has 2 aliphatic heterocycles. The van der Waals surface area contributed by atoms with E-state index in [1.54, 1.807) is 19.2 Å². The molecule has 0 aromatic heterocycles. The van der Waals surface area contributed by atoms with E-state index in [2.05, 4.69) is 25.7 Å². The molecular formula is C30H37BrF4N4O2. The van der Waals surface area contributed by atoms with Gasteiger partial charge in [-0.3, -0.25) is 14.5 Å². The van der Waals surface area contributed by atoms with E-state index in [-0.39, 0.29) is 40.1 Å². The maximum absolute atomic E-state index is 13.6. The Bertz CT molecular complexity index is 1210. The highest BCUT2D eigenvalue weighted by molar-refractivity contribution is 9.10. The third-order valence-corrected chi connectivity index (χ3v) is 8.48. The molecule has 0 bridgehead atoms. The Morgan fingerprint density at radius 1 is 1.02 bits per heavy atom. The van der Waals surface area contributed by atoms with Crippen molar-refractivity contribution in [2.24, 2.45) is 5.92 Å². The minimum absolute atomic E-state index is 0.0102. The summed E-state index contributed by atoms with van der Waals surface area (Å²) in [5.41, 5.74) is -0.0638. The number of hydrogen-bond acceptors (Lipinski definition) is 4. The SMILES string of the molecule is CC(C)C(=O)N1CCN(C2CN(CC[C@H](CN(C)C(=O)c3cc(Br)cc(C(F)(F)F)c3)c3ccc(F)cc3)C2)CC1. The van der Waals surface area contributed by atoms with E-state index in [1.807, 2.05) is 18.7 Å². The van der Waals surface area contributed by atoms with E-state index < -0.39 is 17.6 Å². The van der Waals surface area contributed by atoms with Crippen molar-refractivity contribution in [3.63, 3.8) is 0 Å². The average molecular weight is 642 g/mol. The van der Waals surface area contributed by atoms with Crippen LogP contribution in [0.15, 0.2) is 46.9 Å². The topological polar surface area (TPSA) is 47.1 Å². The van der Waals surface area contributed by atoms with E-state index in [0.717, 1.165) is 63.5 Å². The van der Waals surface area contributed by atoms with Crippen molar-refractivity contribution in [2.75, 3.05) is 59.4 Å². The number of hydrogen-bond donors (Lipinski definition) is 0. The fourth-order valence-corrected chi connectivity index (χ4v) is 6.07. The predicted octanol–water partition coefficient (Wildman–Crippen LogP) is 5.34. The predicted molar refractivity (Wildman–Crippen MR) is 153 cm³/mol. The minimum Gasteiger partial charge on any atom is -0.341 e. The summed E-state index contributed by atoms with van der Waals surface area (Å²) in [4.78, 5) is 33.6. The molecule has 0 unspecified atom stereocenters. The Kier molecular flexibility index (Phi) is 10.1. The Morgan fingerprint density at radius 2 is 1.66 bits per heavy atom. The van der Waals surface area contributed by atoms with Crippen LogP contribution in [-0.4, -0.2) is 96.9 Å². The summed E-state index contributed by atoms with van der Waals surface area (Å²) >= 11 is 3.09. The molecule has 2 amide bonds. The molecule has 6 nitrogen and oxygen atoms in total. The van der Waals surface area contributed by atoms with E-state index in [9.17, 15) is 27.2 Å². The number of amides is 2. The van der Waals surface area contributed by atoms with Crippen molar-refractivity contribution in [1.29, 1.82) is 0 Å². The highest BCUT2D eigenvalue weighted by Gasteiger charge is 2.35. The summed E-state index contributed by atoms with van der Waals surface area (Å²) in [6.07, 6.45) is -3.86. The van der Waals surface area contributed by atoms with Gasteiger partial charge in [-0.15, -0.1) is 0 Å². The summed E-state index contributed by atoms with van der Waals surface area (Å²) in [7, 11) is 1.58. The molecule has 11 heteroatoms. The number of likely N-dealkylation sites (tertiary alicyclic amines) is 1. The van der Waals surface area contributed by atoms with Gasteiger partial charge in [-0.2, -0.15) is 13.2 Å². The number of benzene rings is 2. The number of carbonyl (C=O) groups excluding carboxylic acids is 2. The van der Waals surface area contributed by atoms with Crippen LogP contribution in [-0.2, 0) is 11.0 Å². The lowest BCUT2D eigenvalue weighted by molar-refractivity contribution is -0.138. The third-order valence-electron chi connectivity index (χ3n) is 8.02. The van der Waals surface area contributed by atoms with Gasteiger partial charge in [0.1, 0.15) is 5.82 Å². The molecule has 0 aliphatic carbocycles. The van der Waals surface area contributed by atoms with Crippen LogP contribution in [0.3, 0.4) is 0 Å². The van der Waals surface area contributed by atoms with Crippen LogP contribution in [0.5, 0.6) is 0 Å². The second kappa shape index (κ2) is 13.2. The second-order valence-electron chi connectivity index (χ2n) is 11.4. The minimum atomic E-state index is -4.57. The van der Waals surface area contributed by atoms with Gasteiger partial charge in [-0.25, -0.2) is 4.39 Å². The average Bonchev–Trinajstić information content (AvgIpc) is 2.90. The van der Waals surface area contributed by atoms with Crippen molar-refractivity contribution >= 4 is 27.7 Å². The largest absolute Gasteiger partial charge is 0.416 e. The fraction of sp³-hybridized carbons (Fsp3) is 0.533. The van der Waals surface area contributed by atoms with Gasteiger partial charge in [0.15, 0.2) is 0 Å². The highest BCUT2D eigenvalue weighted by Crippen LogP contribution is 2.33. The van der Waals surface area contributed by atoms with Gasteiger partial charge in [0.2, 0.25) is 5.91 Å². The van der Waals surface area contributed by atoms with Gasteiger partial charge < -0.3 is 14.7 Å². The Balaban J connectivity index is 1.35. The van der Waals surface area contributed by atoms with Gasteiger partial charge in [-0.1, -0.05) is 41.9 Å². The molecule has 2 aromatic rings. The summed E-state index contributed by atoms with van der Waals surface area (Å²) in [6, 6.07) is 9.83. The lowest BCUT2D eigenvalue weighted by Crippen LogP contribution is -2.63. The molecule has 2 fully saturated rings. The molecule has 0 spiro atoms. The number of likely N-dealkylation sites (N-methyl/N-ethyl adjacent to an activating group) is 1. The molecule has 2 aliphatic rings. The number of alkyl halides is 3. The second-order valence-corrected chi connectivity index (χ2v) is 12.3. The first-order valence-corrected chi connectivity index (χ1v) is 14.7. The highest BCUT2D eigenvalue weighted by atomic mass is 79.9. The maximum atomic E-state index is 13.6. The Hall–Kier alpha value is -2.50. The van der Waals surface area contributed by atoms with Gasteiger partial charge in [0.05, 0.1) is 5.56 Å². The van der Waals surface area contributed by atoms with Crippen molar-refractivity contribution in [3.8, 4) is 0 Å². The third kappa shape index (κ3) is 8.08. The molecule has 4 rings (SSSR count). The van der Waals surface area contributed by atoms with E-state index in [4.69, 9.17) is 0 Å². The fourth-order valence-electron chi connectivity index (χ4n) is 5.58. The molecule has 0 saturated carbocycles. The van der Waals surface area contributed by atoms with Crippen LogP contribution < -0.4 is 0 Å². The zero-order valence-corrected chi connectivity index (χ0v) is 25.2. The first kappa shape index (κ1) is 31.4. The molecule has 2 heterocycles. The zero-order chi connectivity index (χ0) is 29.9. The van der Waals surface area contributed by atoms with Crippen LogP contribution in [0.4, 0.5) is 17.6 Å². The molecule has 41 heavy (non-hydrogen) atoms. The lowest BCUT2D eigenvalue weighted by atomic mass is 9.93. The van der Waals surface area contributed by atoms with Crippen molar-refractivity contribution in [1.82, 2.24) is 19.6 Å². The van der Waals surface area contributed by atoms with Gasteiger partial charge >= 0.3 is 6.18 Å². The first-order valence-electron chi connectivity index (χ1n) is 14.0. The Morgan fingerprint density at radius 3 is 2.24 bits per heavy atom. The standard InChI is InChI=1S/C30H37BrF4N4O2/c1-20(2)28(40)39-12-10-38(11-13-39)27-18-37(19-27)9-8-22(21-4-6-26(32)7-5-21)17-36(3)29(41)23-14-24(30(33,34)35)16-25(31)15-23/h4-7,14-16,20,22,27H,8-13,17-19H2,1-3H3/t22-/m1/s1. The van der Waals surface area contributed by atoms with Crippen LogP contribution >= 0.6 is 15.9 Å². The van der Waals surface area contributed by atoms with Crippen LogP contribution in [0.25, 0.3) is 0 Å². The molecule has 1 atom stereocenters. The monoisotopic (exact) mass is 640 g/mol. The lowest BCUT2D eigenvalue weighted by Gasteiger charge is -2.48. The summed E-state index contributed by atoms with van der Waals surface area (Å²) in [5, 5.41) is 0. The summed E-state index contributed by atoms with van der Waals surface area (Å²) in [5.74, 6) is -0.773. The first-order chi connectivity index (χ1) is 19.3. The summed E-state index contributed by atoms with van der Waals surface area (Å²) < 4.78 is 53.8. The quantitative estimate of drug-likeness (QED) is 0.348. The van der Waals surface area contributed by atoms with Crippen molar-refractivity contribution in [3.05, 3.63) is 69.4 Å². The van der Waals surface area contributed by atoms with Crippen molar-refractivity contribution in [2.45, 2.75) is 38.4 Å². The zero-order valence-electron chi connectivity index (χ0n) is 23.6. The van der Waals surface area contributed by atoms with Gasteiger partial charge in [0, 0.05) is 80.8 Å². The number of nitrogens with zero attached hydrogens (tertiary/aromatic N) is 4. The van der Waals surface area contributed by atoms with E-state index in [1.165, 1.54) is 23.1 Å². The van der Waals surface area contributed by atoms with Crippen LogP contribution in [0.1, 0.15) is 47.7 Å². The summed E-state index contributed by atoms with van der Waals surface area (Å²) in [6.45, 7) is 9.99. The molecule has 224 valence electrons. The smallest absolute Gasteiger partial charge is 0.341 e. The molecule has 0 N–H and O–H groups in total. The maximum Gasteiger partial charge on any atom is 0.416 e. The molecule has 2 saturated heterocycles. The number of carbonyl (C=O) groups is 2. The van der Waals surface area contributed by atoms with E-state index in [0.29, 0.717) is 12.5 Å². The van der Waals surface area contributed by atoms with E-state index >= 15 is 0 Å².